The van der Waals surface area contributed by atoms with Crippen LogP contribution in [0.5, 0.6) is 0 Å². The molecule has 0 saturated carbocycles. The van der Waals surface area contributed by atoms with Crippen molar-refractivity contribution in [2.45, 2.75) is 6.92 Å². The zero-order valence-corrected chi connectivity index (χ0v) is 12.0. The van der Waals surface area contributed by atoms with Gasteiger partial charge in [0.05, 0.1) is 6.21 Å². The number of aryl methyl sites for hydroxylation is 1. The van der Waals surface area contributed by atoms with E-state index < -0.39 is 0 Å². The third-order valence-corrected chi connectivity index (χ3v) is 3.11. The Morgan fingerprint density at radius 3 is 2.74 bits per heavy atom. The number of hydrogen-bond donors (Lipinski definition) is 1. The van der Waals surface area contributed by atoms with Gasteiger partial charge in [-0.15, -0.1) is 0 Å². The Bertz CT molecular complexity index is 623. The lowest BCUT2D eigenvalue weighted by atomic mass is 10.1. The van der Waals surface area contributed by atoms with Gasteiger partial charge in [0, 0.05) is 10.0 Å². The SMILES string of the molecule is Cc1ccccc1C(=O)N/N=C\c1cccc(Br)c1. The molecule has 19 heavy (non-hydrogen) atoms. The summed E-state index contributed by atoms with van der Waals surface area (Å²) in [6.45, 7) is 1.90. The molecule has 0 aliphatic rings. The van der Waals surface area contributed by atoms with Gasteiger partial charge < -0.3 is 0 Å². The number of nitrogens with zero attached hydrogens (tertiary/aromatic N) is 1. The second kappa shape index (κ2) is 6.29. The molecule has 0 heterocycles. The summed E-state index contributed by atoms with van der Waals surface area (Å²) in [5.41, 5.74) is 5.00. The lowest BCUT2D eigenvalue weighted by Gasteiger charge is -2.02. The Morgan fingerprint density at radius 1 is 1.21 bits per heavy atom. The van der Waals surface area contributed by atoms with E-state index in [1.165, 1.54) is 0 Å². The van der Waals surface area contributed by atoms with Crippen molar-refractivity contribution >= 4 is 28.1 Å². The van der Waals surface area contributed by atoms with E-state index in [-0.39, 0.29) is 5.91 Å². The van der Waals surface area contributed by atoms with Crippen LogP contribution < -0.4 is 5.43 Å². The highest BCUT2D eigenvalue weighted by Crippen LogP contribution is 2.10. The highest BCUT2D eigenvalue weighted by Gasteiger charge is 2.05. The highest BCUT2D eigenvalue weighted by atomic mass is 79.9. The molecule has 2 aromatic rings. The molecule has 0 fully saturated rings. The van der Waals surface area contributed by atoms with E-state index in [0.29, 0.717) is 5.56 Å². The molecule has 1 amide bonds. The molecule has 0 unspecified atom stereocenters. The third-order valence-electron chi connectivity index (χ3n) is 2.62. The Hall–Kier alpha value is -1.94. The maximum Gasteiger partial charge on any atom is 0.271 e. The predicted octanol–water partition coefficient (Wildman–Crippen LogP) is 3.52. The van der Waals surface area contributed by atoms with Crippen LogP contribution in [0.25, 0.3) is 0 Å². The molecule has 4 heteroatoms. The van der Waals surface area contributed by atoms with Crippen LogP contribution in [-0.2, 0) is 0 Å². The lowest BCUT2D eigenvalue weighted by molar-refractivity contribution is 0.0954. The highest BCUT2D eigenvalue weighted by molar-refractivity contribution is 9.10. The van der Waals surface area contributed by atoms with E-state index in [4.69, 9.17) is 0 Å². The molecule has 2 rings (SSSR count). The minimum atomic E-state index is -0.204. The number of carbonyl (C=O) groups is 1. The number of rotatable bonds is 3. The summed E-state index contributed by atoms with van der Waals surface area (Å²) in [5.74, 6) is -0.204. The maximum atomic E-state index is 11.9. The van der Waals surface area contributed by atoms with E-state index in [2.05, 4.69) is 26.5 Å². The summed E-state index contributed by atoms with van der Waals surface area (Å²) in [4.78, 5) is 11.9. The van der Waals surface area contributed by atoms with E-state index >= 15 is 0 Å². The number of halogens is 1. The van der Waals surface area contributed by atoms with Crippen molar-refractivity contribution < 1.29 is 4.79 Å². The molecule has 0 radical (unpaired) electrons. The molecular formula is C15H13BrN2O. The molecule has 0 atom stereocenters. The van der Waals surface area contributed by atoms with Crippen molar-refractivity contribution in [1.29, 1.82) is 0 Å². The Kier molecular flexibility index (Phi) is 4.47. The van der Waals surface area contributed by atoms with Crippen molar-refractivity contribution in [3.63, 3.8) is 0 Å². The number of carbonyl (C=O) groups excluding carboxylic acids is 1. The first-order chi connectivity index (χ1) is 9.16. The number of nitrogens with one attached hydrogen (secondary N) is 1. The van der Waals surface area contributed by atoms with Crippen molar-refractivity contribution in [2.24, 2.45) is 5.10 Å². The molecule has 0 aliphatic carbocycles. The van der Waals surface area contributed by atoms with Gasteiger partial charge in [0.25, 0.3) is 5.91 Å². The second-order valence-electron chi connectivity index (χ2n) is 4.07. The van der Waals surface area contributed by atoms with Gasteiger partial charge in [-0.05, 0) is 36.2 Å². The van der Waals surface area contributed by atoms with Crippen LogP contribution >= 0.6 is 15.9 Å². The van der Waals surface area contributed by atoms with Crippen LogP contribution in [0.3, 0.4) is 0 Å². The molecule has 2 aromatic carbocycles. The van der Waals surface area contributed by atoms with Gasteiger partial charge in [-0.1, -0.05) is 46.3 Å². The number of hydrogen-bond acceptors (Lipinski definition) is 2. The van der Waals surface area contributed by atoms with Gasteiger partial charge in [0.1, 0.15) is 0 Å². The summed E-state index contributed by atoms with van der Waals surface area (Å²) in [6.07, 6.45) is 1.61. The number of hydrazone groups is 1. The van der Waals surface area contributed by atoms with Crippen LogP contribution in [-0.4, -0.2) is 12.1 Å². The summed E-state index contributed by atoms with van der Waals surface area (Å²) in [7, 11) is 0. The van der Waals surface area contributed by atoms with Crippen molar-refractivity contribution in [3.05, 3.63) is 69.7 Å². The molecule has 1 N–H and O–H groups in total. The fourth-order valence-electron chi connectivity index (χ4n) is 1.64. The number of benzene rings is 2. The van der Waals surface area contributed by atoms with E-state index in [1.54, 1.807) is 12.3 Å². The fourth-order valence-corrected chi connectivity index (χ4v) is 2.06. The standard InChI is InChI=1S/C15H13BrN2O/c1-11-5-2-3-8-14(11)15(19)18-17-10-12-6-4-7-13(16)9-12/h2-10H,1H3,(H,18,19)/b17-10-. The van der Waals surface area contributed by atoms with Crippen molar-refractivity contribution in [1.82, 2.24) is 5.43 Å². The first-order valence-corrected chi connectivity index (χ1v) is 6.61. The van der Waals surface area contributed by atoms with Crippen LogP contribution in [0.1, 0.15) is 21.5 Å². The minimum Gasteiger partial charge on any atom is -0.267 e. The molecule has 96 valence electrons. The van der Waals surface area contributed by atoms with Gasteiger partial charge in [0.2, 0.25) is 0 Å². The predicted molar refractivity (Wildman–Crippen MR) is 80.4 cm³/mol. The van der Waals surface area contributed by atoms with Crippen LogP contribution in [0.15, 0.2) is 58.1 Å². The van der Waals surface area contributed by atoms with Crippen LogP contribution in [0, 0.1) is 6.92 Å². The average molecular weight is 317 g/mol. The summed E-state index contributed by atoms with van der Waals surface area (Å²) in [5, 5.41) is 3.95. The molecule has 0 bridgehead atoms. The van der Waals surface area contributed by atoms with E-state index in [9.17, 15) is 4.79 Å². The molecule has 3 nitrogen and oxygen atoms in total. The first-order valence-electron chi connectivity index (χ1n) is 5.81. The normalized spacial score (nSPS) is 10.6. The van der Waals surface area contributed by atoms with E-state index in [1.807, 2.05) is 49.4 Å². The zero-order chi connectivity index (χ0) is 13.7. The third kappa shape index (κ3) is 3.76. The van der Waals surface area contributed by atoms with Gasteiger partial charge in [-0.3, -0.25) is 4.79 Å². The van der Waals surface area contributed by atoms with Gasteiger partial charge in [-0.2, -0.15) is 5.10 Å². The monoisotopic (exact) mass is 316 g/mol. The summed E-state index contributed by atoms with van der Waals surface area (Å²) < 4.78 is 0.974. The topological polar surface area (TPSA) is 41.5 Å². The van der Waals surface area contributed by atoms with Crippen molar-refractivity contribution in [2.75, 3.05) is 0 Å². The first kappa shape index (κ1) is 13.5. The Labute approximate surface area is 120 Å². The minimum absolute atomic E-state index is 0.204. The van der Waals surface area contributed by atoms with Crippen LogP contribution in [0.2, 0.25) is 0 Å². The molecular weight excluding hydrogens is 304 g/mol. The van der Waals surface area contributed by atoms with Gasteiger partial charge >= 0.3 is 0 Å². The van der Waals surface area contributed by atoms with Gasteiger partial charge in [0.15, 0.2) is 0 Å². The number of amides is 1. The Balaban J connectivity index is 2.03. The molecule has 0 spiro atoms. The largest absolute Gasteiger partial charge is 0.271 e. The second-order valence-corrected chi connectivity index (χ2v) is 4.98. The summed E-state index contributed by atoms with van der Waals surface area (Å²) >= 11 is 3.38. The van der Waals surface area contributed by atoms with Gasteiger partial charge in [-0.25, -0.2) is 5.43 Å². The maximum absolute atomic E-state index is 11.9. The lowest BCUT2D eigenvalue weighted by Crippen LogP contribution is -2.18. The average Bonchev–Trinajstić information content (AvgIpc) is 2.39. The van der Waals surface area contributed by atoms with Crippen molar-refractivity contribution in [3.8, 4) is 0 Å². The van der Waals surface area contributed by atoms with E-state index in [0.717, 1.165) is 15.6 Å². The molecule has 0 aromatic heterocycles. The quantitative estimate of drug-likeness (QED) is 0.683. The smallest absolute Gasteiger partial charge is 0.267 e. The molecule has 0 saturated heterocycles. The van der Waals surface area contributed by atoms with Crippen LogP contribution in [0.4, 0.5) is 0 Å². The Morgan fingerprint density at radius 2 is 2.00 bits per heavy atom. The summed E-state index contributed by atoms with van der Waals surface area (Å²) in [6, 6.07) is 15.1. The fraction of sp³-hybridized carbons (Fsp3) is 0.0667. The molecule has 0 aliphatic heterocycles. The zero-order valence-electron chi connectivity index (χ0n) is 10.4.